The highest BCUT2D eigenvalue weighted by Crippen LogP contribution is 2.36. The Kier molecular flexibility index (Phi) is 40.8. The molecular weight excluding hydrogens is 681 g/mol. The second-order valence-electron chi connectivity index (χ2n) is 16.4. The van der Waals surface area contributed by atoms with Gasteiger partial charge in [0.15, 0.2) is 0 Å². The molecule has 0 radical (unpaired) electrons. The van der Waals surface area contributed by atoms with Gasteiger partial charge in [-0.15, -0.1) is 0 Å². The lowest BCUT2D eigenvalue weighted by Crippen LogP contribution is -2.46. The van der Waals surface area contributed by atoms with E-state index in [4.69, 9.17) is 9.79 Å². The molecule has 0 spiro atoms. The second-order valence-corrected chi connectivity index (χ2v) is 17.7. The van der Waals surface area contributed by atoms with E-state index in [1.807, 2.05) is 0 Å². The largest absolute Gasteiger partial charge is 0.469 e. The molecule has 0 bridgehead atoms. The van der Waals surface area contributed by atoms with Crippen molar-refractivity contribution in [1.29, 1.82) is 0 Å². The minimum atomic E-state index is -4.68. The van der Waals surface area contributed by atoms with Crippen LogP contribution in [0.3, 0.4) is 0 Å². The summed E-state index contributed by atoms with van der Waals surface area (Å²) in [4.78, 5) is 30.9. The Balaban J connectivity index is 3.63. The van der Waals surface area contributed by atoms with Gasteiger partial charge in [-0.2, -0.15) is 0 Å². The summed E-state index contributed by atoms with van der Waals surface area (Å²) in [5.74, 6) is -0.190. The van der Waals surface area contributed by atoms with Gasteiger partial charge in [-0.25, -0.2) is 4.57 Å². The molecule has 0 saturated carbocycles. The van der Waals surface area contributed by atoms with Crippen molar-refractivity contribution in [3.05, 3.63) is 0 Å². The van der Waals surface area contributed by atoms with Crippen molar-refractivity contribution in [3.8, 4) is 0 Å². The molecule has 0 rings (SSSR count). The molecule has 0 fully saturated rings. The molecule has 1 amide bonds. The lowest BCUT2D eigenvalue weighted by Gasteiger charge is -2.24. The summed E-state index contributed by atoms with van der Waals surface area (Å²) in [5, 5.41) is 13.5. The van der Waals surface area contributed by atoms with Crippen molar-refractivity contribution in [3.63, 3.8) is 0 Å². The number of hydrogen-bond donors (Lipinski definition) is 4. The number of amides is 1. The summed E-state index contributed by atoms with van der Waals surface area (Å²) in [6, 6.07) is -0.817. The van der Waals surface area contributed by atoms with E-state index in [2.05, 4.69) is 23.7 Å². The molecule has 0 aromatic carbocycles. The Morgan fingerprint density at radius 1 is 0.472 bits per heavy atom. The summed E-state index contributed by atoms with van der Waals surface area (Å²) in [7, 11) is -4.68. The van der Waals surface area contributed by atoms with Gasteiger partial charge >= 0.3 is 7.82 Å². The first kappa shape index (κ1) is 52.5. The highest BCUT2D eigenvalue weighted by Gasteiger charge is 2.25. The van der Waals surface area contributed by atoms with Crippen LogP contribution in [0, 0.1) is 0 Å². The summed E-state index contributed by atoms with van der Waals surface area (Å²) in [6.07, 6.45) is 48.5. The first-order valence-corrected chi connectivity index (χ1v) is 25.0. The van der Waals surface area contributed by atoms with Crippen LogP contribution in [0.1, 0.15) is 264 Å². The number of rotatable bonds is 44. The predicted molar refractivity (Wildman–Crippen MR) is 227 cm³/mol. The fourth-order valence-electron chi connectivity index (χ4n) is 7.53. The van der Waals surface area contributed by atoms with Gasteiger partial charge in [0.2, 0.25) is 5.91 Å². The first-order chi connectivity index (χ1) is 25.8. The maximum Gasteiger partial charge on any atom is 0.469 e. The van der Waals surface area contributed by atoms with E-state index in [0.29, 0.717) is 12.8 Å². The molecule has 0 aliphatic heterocycles. The lowest BCUT2D eigenvalue weighted by atomic mass is 10.0. The van der Waals surface area contributed by atoms with Gasteiger partial charge in [0, 0.05) is 6.42 Å². The Morgan fingerprint density at radius 3 is 1.02 bits per heavy atom. The van der Waals surface area contributed by atoms with Gasteiger partial charge in [-0.05, 0) is 12.8 Å². The Bertz CT molecular complexity index is 793. The molecule has 0 unspecified atom stereocenters. The molecule has 0 saturated heterocycles. The third-order valence-corrected chi connectivity index (χ3v) is 11.6. The maximum atomic E-state index is 12.6. The van der Waals surface area contributed by atoms with E-state index < -0.39 is 26.6 Å². The molecule has 2 atom stereocenters. The average molecular weight is 774 g/mol. The number of carbonyl (C=O) groups is 1. The molecule has 7 nitrogen and oxygen atoms in total. The molecule has 318 valence electrons. The number of aliphatic hydroxyl groups is 1. The fourth-order valence-corrected chi connectivity index (χ4v) is 7.88. The number of hydrogen-bond acceptors (Lipinski definition) is 4. The average Bonchev–Trinajstić information content (AvgIpc) is 3.13. The Hall–Kier alpha value is -0.460. The molecule has 53 heavy (non-hydrogen) atoms. The standard InChI is InChI=1S/C45H92NO6P/c1-3-5-7-9-11-13-14-15-16-17-18-19-20-21-22-23-24-25-26-27-28-29-30-31-33-35-37-39-41-45(48)46-43(42-52-53(49,50)51)44(47)40-38-36-34-32-12-10-8-6-4-2/h43-44,47H,3-42H2,1-2H3,(H,46,48)(H2,49,50,51)/t43-,44+/m0/s1. The third-order valence-electron chi connectivity index (χ3n) is 11.1. The van der Waals surface area contributed by atoms with E-state index >= 15 is 0 Å². The predicted octanol–water partition coefficient (Wildman–Crippen LogP) is 14.2. The monoisotopic (exact) mass is 774 g/mol. The topological polar surface area (TPSA) is 116 Å². The molecule has 4 N–H and O–H groups in total. The summed E-state index contributed by atoms with van der Waals surface area (Å²) in [6.45, 7) is 4.12. The molecular formula is C45H92NO6P. The van der Waals surface area contributed by atoms with Crippen molar-refractivity contribution in [2.75, 3.05) is 6.61 Å². The van der Waals surface area contributed by atoms with Crippen molar-refractivity contribution in [2.45, 2.75) is 276 Å². The Labute approximate surface area is 330 Å². The zero-order valence-electron chi connectivity index (χ0n) is 35.5. The van der Waals surface area contributed by atoms with Gasteiger partial charge < -0.3 is 20.2 Å². The van der Waals surface area contributed by atoms with Crippen LogP contribution in [0.25, 0.3) is 0 Å². The first-order valence-electron chi connectivity index (χ1n) is 23.5. The fraction of sp³-hybridized carbons (Fsp3) is 0.978. The molecule has 0 aromatic rings. The van der Waals surface area contributed by atoms with Crippen LogP contribution < -0.4 is 5.32 Å². The lowest BCUT2D eigenvalue weighted by molar-refractivity contribution is -0.123. The highest BCUT2D eigenvalue weighted by atomic mass is 31.2. The van der Waals surface area contributed by atoms with Crippen molar-refractivity contribution >= 4 is 13.7 Å². The van der Waals surface area contributed by atoms with Crippen LogP contribution in [0.15, 0.2) is 0 Å². The number of nitrogens with one attached hydrogen (secondary N) is 1. The van der Waals surface area contributed by atoms with Gasteiger partial charge in [0.25, 0.3) is 0 Å². The van der Waals surface area contributed by atoms with Crippen LogP contribution in [0.5, 0.6) is 0 Å². The van der Waals surface area contributed by atoms with Crippen molar-refractivity contribution in [1.82, 2.24) is 5.32 Å². The van der Waals surface area contributed by atoms with Crippen LogP contribution in [0.2, 0.25) is 0 Å². The Morgan fingerprint density at radius 2 is 0.736 bits per heavy atom. The highest BCUT2D eigenvalue weighted by molar-refractivity contribution is 7.46. The SMILES string of the molecule is CCCCCCCCCCCCCCCCCCCCCCCCCCCCCCC(=O)N[C@@H](COP(=O)(O)O)[C@H](O)CCCCCCCCCCC. The minimum absolute atomic E-state index is 0.190. The van der Waals surface area contributed by atoms with E-state index in [0.717, 1.165) is 38.5 Å². The van der Waals surface area contributed by atoms with Crippen LogP contribution in [-0.4, -0.2) is 39.6 Å². The maximum absolute atomic E-state index is 12.6. The van der Waals surface area contributed by atoms with Crippen molar-refractivity contribution < 1.29 is 28.8 Å². The quantitative estimate of drug-likeness (QED) is 0.0362. The van der Waals surface area contributed by atoms with E-state index in [9.17, 15) is 14.5 Å². The summed E-state index contributed by atoms with van der Waals surface area (Å²) < 4.78 is 15.9. The normalized spacial score (nSPS) is 13.1. The molecule has 8 heteroatoms. The van der Waals surface area contributed by atoms with E-state index in [-0.39, 0.29) is 5.91 Å². The smallest absolute Gasteiger partial charge is 0.391 e. The zero-order valence-corrected chi connectivity index (χ0v) is 36.3. The van der Waals surface area contributed by atoms with Crippen LogP contribution >= 0.6 is 7.82 Å². The van der Waals surface area contributed by atoms with Gasteiger partial charge in [-0.1, -0.05) is 245 Å². The summed E-state index contributed by atoms with van der Waals surface area (Å²) >= 11 is 0. The molecule has 0 aliphatic carbocycles. The van der Waals surface area contributed by atoms with Gasteiger partial charge in [0.05, 0.1) is 18.8 Å². The molecule has 0 aliphatic rings. The van der Waals surface area contributed by atoms with E-state index in [1.165, 1.54) is 199 Å². The molecule has 0 aromatic heterocycles. The van der Waals surface area contributed by atoms with Crippen molar-refractivity contribution in [2.24, 2.45) is 0 Å². The second kappa shape index (κ2) is 41.2. The number of phosphoric acid groups is 1. The van der Waals surface area contributed by atoms with Gasteiger partial charge in [0.1, 0.15) is 0 Å². The van der Waals surface area contributed by atoms with E-state index in [1.54, 1.807) is 0 Å². The van der Waals surface area contributed by atoms with Crippen LogP contribution in [0.4, 0.5) is 0 Å². The van der Waals surface area contributed by atoms with Gasteiger partial charge in [-0.3, -0.25) is 9.32 Å². The third kappa shape index (κ3) is 42.5. The summed E-state index contributed by atoms with van der Waals surface area (Å²) in [5.41, 5.74) is 0. The minimum Gasteiger partial charge on any atom is -0.391 e. The molecule has 0 heterocycles. The zero-order chi connectivity index (χ0) is 38.9. The number of unbranched alkanes of at least 4 members (excludes halogenated alkanes) is 35. The number of phosphoric ester groups is 1. The number of carbonyl (C=O) groups excluding carboxylic acids is 1. The number of aliphatic hydroxyl groups excluding tert-OH is 1. The van der Waals surface area contributed by atoms with Crippen LogP contribution in [-0.2, 0) is 13.9 Å².